The first-order valence-corrected chi connectivity index (χ1v) is 18.3. The Morgan fingerprint density at radius 2 is 0.923 bits per heavy atom. The molecule has 0 aromatic heterocycles. The van der Waals surface area contributed by atoms with E-state index in [2.05, 4.69) is 19.2 Å². The molecule has 0 fully saturated rings. The second-order valence-electron chi connectivity index (χ2n) is 11.8. The predicted molar refractivity (Wildman–Crippen MR) is 166 cm³/mol. The molecular formula is C32H65NO5S. The second kappa shape index (κ2) is 27.5. The van der Waals surface area contributed by atoms with Gasteiger partial charge in [-0.3, -0.25) is 9.35 Å². The zero-order chi connectivity index (χ0) is 29.0. The van der Waals surface area contributed by atoms with Crippen LogP contribution in [-0.2, 0) is 14.9 Å². The number of rotatable bonds is 30. The molecule has 2 atom stereocenters. The van der Waals surface area contributed by atoms with Gasteiger partial charge in [-0.25, -0.2) is 0 Å². The van der Waals surface area contributed by atoms with Crippen molar-refractivity contribution in [2.24, 2.45) is 0 Å². The Balaban J connectivity index is 3.82. The highest BCUT2D eigenvalue weighted by Gasteiger charge is 2.26. The number of carbonyl (C=O) groups is 1. The summed E-state index contributed by atoms with van der Waals surface area (Å²) in [5.41, 5.74) is 0. The molecule has 0 aliphatic carbocycles. The Bertz CT molecular complexity index is 640. The van der Waals surface area contributed by atoms with E-state index in [-0.39, 0.29) is 5.91 Å². The molecule has 0 saturated carbocycles. The monoisotopic (exact) mass is 575 g/mol. The summed E-state index contributed by atoms with van der Waals surface area (Å²) in [6, 6.07) is -0.960. The smallest absolute Gasteiger partial charge is 0.266 e. The molecule has 7 heteroatoms. The SMILES string of the molecule is CCCCCCCCCCCCCCCCCCCC(=O)NC(CS(=O)(=O)O)C(O)CCCCCCCCC. The maximum atomic E-state index is 12.4. The summed E-state index contributed by atoms with van der Waals surface area (Å²) < 4.78 is 32.1. The van der Waals surface area contributed by atoms with Gasteiger partial charge < -0.3 is 10.4 Å². The van der Waals surface area contributed by atoms with Gasteiger partial charge in [-0.15, -0.1) is 0 Å². The van der Waals surface area contributed by atoms with Crippen LogP contribution in [0, 0.1) is 0 Å². The zero-order valence-electron chi connectivity index (χ0n) is 25.8. The summed E-state index contributed by atoms with van der Waals surface area (Å²) in [4.78, 5) is 12.4. The number of carbonyl (C=O) groups excluding carboxylic acids is 1. The van der Waals surface area contributed by atoms with Crippen molar-refractivity contribution in [2.45, 2.75) is 193 Å². The van der Waals surface area contributed by atoms with Crippen molar-refractivity contribution in [1.29, 1.82) is 0 Å². The van der Waals surface area contributed by atoms with Crippen molar-refractivity contribution >= 4 is 16.0 Å². The lowest BCUT2D eigenvalue weighted by Crippen LogP contribution is -2.47. The van der Waals surface area contributed by atoms with Gasteiger partial charge in [0.05, 0.1) is 17.9 Å². The summed E-state index contributed by atoms with van der Waals surface area (Å²) in [6.45, 7) is 4.45. The van der Waals surface area contributed by atoms with Crippen molar-refractivity contribution < 1.29 is 22.9 Å². The second-order valence-corrected chi connectivity index (χ2v) is 13.3. The third-order valence-corrected chi connectivity index (χ3v) is 8.59. The van der Waals surface area contributed by atoms with Gasteiger partial charge in [0.15, 0.2) is 0 Å². The first-order valence-electron chi connectivity index (χ1n) is 16.7. The van der Waals surface area contributed by atoms with Crippen LogP contribution in [0.1, 0.15) is 181 Å². The minimum atomic E-state index is -4.29. The number of unbranched alkanes of at least 4 members (excludes halogenated alkanes) is 22. The summed E-state index contributed by atoms with van der Waals surface area (Å²) in [5, 5.41) is 13.2. The van der Waals surface area contributed by atoms with Crippen LogP contribution in [0.25, 0.3) is 0 Å². The first kappa shape index (κ1) is 38.3. The van der Waals surface area contributed by atoms with Crippen molar-refractivity contribution in [3.05, 3.63) is 0 Å². The molecule has 234 valence electrons. The zero-order valence-corrected chi connectivity index (χ0v) is 26.6. The molecular weight excluding hydrogens is 510 g/mol. The van der Waals surface area contributed by atoms with E-state index in [9.17, 15) is 22.9 Å². The molecule has 1 amide bonds. The molecule has 0 saturated heterocycles. The molecule has 3 N–H and O–H groups in total. The van der Waals surface area contributed by atoms with Gasteiger partial charge in [0, 0.05) is 6.42 Å². The first-order chi connectivity index (χ1) is 18.8. The van der Waals surface area contributed by atoms with Crippen molar-refractivity contribution in [1.82, 2.24) is 5.32 Å². The van der Waals surface area contributed by atoms with E-state index in [1.165, 1.54) is 116 Å². The minimum Gasteiger partial charge on any atom is -0.391 e. The van der Waals surface area contributed by atoms with Crippen LogP contribution in [-0.4, -0.2) is 41.9 Å². The molecule has 0 heterocycles. The lowest BCUT2D eigenvalue weighted by molar-refractivity contribution is -0.122. The van der Waals surface area contributed by atoms with Gasteiger partial charge >= 0.3 is 0 Å². The van der Waals surface area contributed by atoms with Crippen LogP contribution in [0.4, 0.5) is 0 Å². The molecule has 6 nitrogen and oxygen atoms in total. The van der Waals surface area contributed by atoms with Crippen LogP contribution >= 0.6 is 0 Å². The normalized spacial score (nSPS) is 13.4. The molecule has 0 radical (unpaired) electrons. The molecule has 0 aliphatic heterocycles. The van der Waals surface area contributed by atoms with Crippen molar-refractivity contribution in [3.63, 3.8) is 0 Å². The fraction of sp³-hybridized carbons (Fsp3) is 0.969. The number of amides is 1. The van der Waals surface area contributed by atoms with E-state index in [1.807, 2.05) is 0 Å². The largest absolute Gasteiger partial charge is 0.391 e. The van der Waals surface area contributed by atoms with Crippen LogP contribution < -0.4 is 5.32 Å². The van der Waals surface area contributed by atoms with E-state index >= 15 is 0 Å². The average molecular weight is 576 g/mol. The number of hydrogen-bond acceptors (Lipinski definition) is 4. The van der Waals surface area contributed by atoms with Crippen LogP contribution in [0.3, 0.4) is 0 Å². The van der Waals surface area contributed by atoms with Crippen molar-refractivity contribution in [3.8, 4) is 0 Å². The molecule has 0 aliphatic rings. The molecule has 0 rings (SSSR count). The average Bonchev–Trinajstić information content (AvgIpc) is 2.88. The molecule has 0 aromatic carbocycles. The van der Waals surface area contributed by atoms with Gasteiger partial charge in [0.25, 0.3) is 10.1 Å². The molecule has 0 bridgehead atoms. The molecule has 39 heavy (non-hydrogen) atoms. The number of nitrogens with one attached hydrogen (secondary N) is 1. The number of aliphatic hydroxyl groups excluding tert-OH is 1. The Hall–Kier alpha value is -0.660. The third kappa shape index (κ3) is 28.7. The van der Waals surface area contributed by atoms with Crippen LogP contribution in [0.15, 0.2) is 0 Å². The Labute approximate surface area is 242 Å². The van der Waals surface area contributed by atoms with E-state index in [0.29, 0.717) is 12.8 Å². The topological polar surface area (TPSA) is 104 Å². The standard InChI is InChI=1S/C32H65NO5S/c1-3-5-7-9-11-12-13-14-15-16-17-18-19-20-22-24-26-28-32(35)33-30(29-39(36,37)38)31(34)27-25-23-21-10-8-6-4-2/h30-31,34H,3-29H2,1-2H3,(H,33,35)(H,36,37,38). The molecule has 2 unspecified atom stereocenters. The summed E-state index contributed by atoms with van der Waals surface area (Å²) >= 11 is 0. The van der Waals surface area contributed by atoms with Crippen molar-refractivity contribution in [2.75, 3.05) is 5.75 Å². The predicted octanol–water partition coefficient (Wildman–Crippen LogP) is 8.90. The maximum absolute atomic E-state index is 12.4. The maximum Gasteiger partial charge on any atom is 0.266 e. The Kier molecular flexibility index (Phi) is 27.0. The highest BCUT2D eigenvalue weighted by atomic mass is 32.2. The van der Waals surface area contributed by atoms with Gasteiger partial charge in [-0.1, -0.05) is 162 Å². The van der Waals surface area contributed by atoms with E-state index in [4.69, 9.17) is 0 Å². The third-order valence-electron chi connectivity index (χ3n) is 7.81. The van der Waals surface area contributed by atoms with E-state index in [0.717, 1.165) is 38.5 Å². The molecule has 0 spiro atoms. The fourth-order valence-electron chi connectivity index (χ4n) is 5.28. The highest BCUT2D eigenvalue weighted by molar-refractivity contribution is 7.85. The highest BCUT2D eigenvalue weighted by Crippen LogP contribution is 2.15. The van der Waals surface area contributed by atoms with Crippen LogP contribution in [0.2, 0.25) is 0 Å². The Morgan fingerprint density at radius 3 is 1.28 bits per heavy atom. The number of hydrogen-bond donors (Lipinski definition) is 3. The fourth-order valence-corrected chi connectivity index (χ4v) is 6.04. The molecule has 0 aromatic rings. The van der Waals surface area contributed by atoms with E-state index in [1.54, 1.807) is 0 Å². The van der Waals surface area contributed by atoms with Gasteiger partial charge in [0.2, 0.25) is 5.91 Å². The van der Waals surface area contributed by atoms with Gasteiger partial charge in [-0.05, 0) is 12.8 Å². The Morgan fingerprint density at radius 1 is 0.590 bits per heavy atom. The summed E-state index contributed by atoms with van der Waals surface area (Å²) in [6.07, 6.45) is 29.3. The van der Waals surface area contributed by atoms with Gasteiger partial charge in [-0.2, -0.15) is 8.42 Å². The quantitative estimate of drug-likeness (QED) is 0.0586. The summed E-state index contributed by atoms with van der Waals surface area (Å²) in [7, 11) is -4.29. The summed E-state index contributed by atoms with van der Waals surface area (Å²) in [5.74, 6) is -0.890. The lowest BCUT2D eigenvalue weighted by atomic mass is 10.0. The van der Waals surface area contributed by atoms with Crippen LogP contribution in [0.5, 0.6) is 0 Å². The number of aliphatic hydroxyl groups is 1. The van der Waals surface area contributed by atoms with Gasteiger partial charge in [0.1, 0.15) is 0 Å². The van der Waals surface area contributed by atoms with E-state index < -0.39 is 28.0 Å². The lowest BCUT2D eigenvalue weighted by Gasteiger charge is -2.23. The minimum absolute atomic E-state index is 0.247.